The number of nitrogens with one attached hydrogen (secondary N) is 2. The van der Waals surface area contributed by atoms with E-state index in [1.807, 2.05) is 6.92 Å². The van der Waals surface area contributed by atoms with E-state index in [0.717, 1.165) is 37.5 Å². The first-order valence-electron chi connectivity index (χ1n) is 19.3. The summed E-state index contributed by atoms with van der Waals surface area (Å²) in [6, 6.07) is 0. The molecule has 0 spiro atoms. The van der Waals surface area contributed by atoms with Gasteiger partial charge in [0, 0.05) is 12.8 Å². The van der Waals surface area contributed by atoms with E-state index in [-0.39, 0.29) is 11.8 Å². The number of carbonyl (C=O) groups is 2. The van der Waals surface area contributed by atoms with Crippen LogP contribution in [0.4, 0.5) is 0 Å². The Morgan fingerprint density at radius 1 is 0.395 bits per heavy atom. The molecule has 0 unspecified atom stereocenters. The predicted octanol–water partition coefficient (Wildman–Crippen LogP) is 12.4. The summed E-state index contributed by atoms with van der Waals surface area (Å²) in [7, 11) is 0. The molecule has 0 heterocycles. The number of rotatable bonds is 33. The average Bonchev–Trinajstić information content (AvgIpc) is 2.96. The monoisotopic (exact) mass is 606 g/mol. The van der Waals surface area contributed by atoms with Gasteiger partial charge in [0.15, 0.2) is 6.17 Å². The highest BCUT2D eigenvalue weighted by molar-refractivity contribution is 5.80. The standard InChI is InChI=1S/C39H77N2O2/c1-6-37(40-38(42)33-29-25-21-17-13-9-7-11-15-19-23-27-31-35(2)3)41-39(43)34-30-26-22-18-14-10-8-12-16-20-24-28-32-36(4)5/h35-36H,6-34H2,1-5H3,(H,40,42)(H,41,43). The minimum Gasteiger partial charge on any atom is -0.330 e. The van der Waals surface area contributed by atoms with Crippen LogP contribution in [0.15, 0.2) is 0 Å². The smallest absolute Gasteiger partial charge is 0.221 e. The normalized spacial score (nSPS) is 11.6. The lowest BCUT2D eigenvalue weighted by Crippen LogP contribution is -2.40. The fourth-order valence-corrected chi connectivity index (χ4v) is 5.88. The Balaban J connectivity index is 3.52. The quantitative estimate of drug-likeness (QED) is 0.0731. The molecule has 2 amide bonds. The van der Waals surface area contributed by atoms with Gasteiger partial charge in [-0.25, -0.2) is 0 Å². The van der Waals surface area contributed by atoms with Crippen LogP contribution in [0.2, 0.25) is 0 Å². The minimum absolute atomic E-state index is 0.0386. The summed E-state index contributed by atoms with van der Waals surface area (Å²) < 4.78 is 0. The van der Waals surface area contributed by atoms with Crippen molar-refractivity contribution in [1.82, 2.24) is 10.6 Å². The second kappa shape index (κ2) is 32.3. The minimum atomic E-state index is 0.0386. The van der Waals surface area contributed by atoms with Gasteiger partial charge in [0.25, 0.3) is 0 Å². The van der Waals surface area contributed by atoms with Gasteiger partial charge in [-0.1, -0.05) is 189 Å². The van der Waals surface area contributed by atoms with Crippen LogP contribution in [-0.4, -0.2) is 11.8 Å². The van der Waals surface area contributed by atoms with Crippen molar-refractivity contribution in [3.8, 4) is 0 Å². The van der Waals surface area contributed by atoms with Gasteiger partial charge in [-0.05, 0) is 31.1 Å². The van der Waals surface area contributed by atoms with E-state index in [9.17, 15) is 9.59 Å². The van der Waals surface area contributed by atoms with E-state index < -0.39 is 0 Å². The Kier molecular flexibility index (Phi) is 31.5. The molecule has 0 aliphatic carbocycles. The molecule has 0 aliphatic heterocycles. The fourth-order valence-electron chi connectivity index (χ4n) is 5.88. The molecule has 0 aromatic heterocycles. The van der Waals surface area contributed by atoms with E-state index in [1.165, 1.54) is 141 Å². The molecule has 4 heteroatoms. The lowest BCUT2D eigenvalue weighted by molar-refractivity contribution is -0.122. The van der Waals surface area contributed by atoms with Gasteiger partial charge in [-0.3, -0.25) is 9.59 Å². The van der Waals surface area contributed by atoms with E-state index in [1.54, 1.807) is 0 Å². The van der Waals surface area contributed by atoms with Crippen LogP contribution in [0, 0.1) is 18.0 Å². The Labute approximate surface area is 270 Å². The molecule has 0 atom stereocenters. The lowest BCUT2D eigenvalue weighted by Gasteiger charge is -2.17. The highest BCUT2D eigenvalue weighted by atomic mass is 16.2. The first-order chi connectivity index (χ1) is 20.8. The van der Waals surface area contributed by atoms with Crippen molar-refractivity contribution in [3.63, 3.8) is 0 Å². The SMILES string of the molecule is CC[C](NC(=O)CCCCCCCCCCCCCCC(C)C)NC(=O)CCCCCCCCCCCCCCC(C)C. The number of hydrogen-bond acceptors (Lipinski definition) is 2. The molecule has 1 radical (unpaired) electrons. The molecule has 2 N–H and O–H groups in total. The fraction of sp³-hybridized carbons (Fsp3) is 0.923. The van der Waals surface area contributed by atoms with E-state index in [2.05, 4.69) is 38.3 Å². The Morgan fingerprint density at radius 3 is 0.860 bits per heavy atom. The third-order valence-electron chi connectivity index (χ3n) is 8.80. The van der Waals surface area contributed by atoms with Gasteiger partial charge >= 0.3 is 0 Å². The maximum absolute atomic E-state index is 12.4. The van der Waals surface area contributed by atoms with Crippen LogP contribution in [0.1, 0.15) is 221 Å². The molecule has 0 aliphatic rings. The zero-order chi connectivity index (χ0) is 31.8. The maximum Gasteiger partial charge on any atom is 0.221 e. The summed E-state index contributed by atoms with van der Waals surface area (Å²) in [4.78, 5) is 24.7. The van der Waals surface area contributed by atoms with Crippen LogP contribution in [0.5, 0.6) is 0 Å². The van der Waals surface area contributed by atoms with Crippen molar-refractivity contribution in [1.29, 1.82) is 0 Å². The largest absolute Gasteiger partial charge is 0.330 e. The van der Waals surface area contributed by atoms with Gasteiger partial charge in [-0.15, -0.1) is 0 Å². The molecule has 0 saturated carbocycles. The average molecular weight is 606 g/mol. The van der Waals surface area contributed by atoms with Gasteiger partial charge in [-0.2, -0.15) is 0 Å². The van der Waals surface area contributed by atoms with E-state index >= 15 is 0 Å². The summed E-state index contributed by atoms with van der Waals surface area (Å²) >= 11 is 0. The molecule has 0 aromatic rings. The highest BCUT2D eigenvalue weighted by Gasteiger charge is 2.14. The predicted molar refractivity (Wildman–Crippen MR) is 189 cm³/mol. The number of unbranched alkanes of at least 4 members (excludes halogenated alkanes) is 22. The molecule has 43 heavy (non-hydrogen) atoms. The molecule has 0 saturated heterocycles. The first kappa shape index (κ1) is 41.9. The third-order valence-corrected chi connectivity index (χ3v) is 8.80. The van der Waals surface area contributed by atoms with Crippen LogP contribution < -0.4 is 10.6 Å². The number of carbonyl (C=O) groups excluding carboxylic acids is 2. The lowest BCUT2D eigenvalue weighted by atomic mass is 10.0. The van der Waals surface area contributed by atoms with Crippen molar-refractivity contribution < 1.29 is 9.59 Å². The maximum atomic E-state index is 12.4. The summed E-state index contributed by atoms with van der Waals surface area (Å²) in [5.41, 5.74) is 0. The zero-order valence-electron chi connectivity index (χ0n) is 30.0. The first-order valence-corrected chi connectivity index (χ1v) is 19.3. The molecule has 0 aromatic carbocycles. The second-order valence-electron chi connectivity index (χ2n) is 14.3. The van der Waals surface area contributed by atoms with E-state index in [0.29, 0.717) is 25.4 Å². The summed E-state index contributed by atoms with van der Waals surface area (Å²) in [6.07, 6.45) is 36.5. The van der Waals surface area contributed by atoms with Crippen LogP contribution in [0.3, 0.4) is 0 Å². The van der Waals surface area contributed by atoms with Crippen molar-refractivity contribution in [2.75, 3.05) is 0 Å². The second-order valence-corrected chi connectivity index (χ2v) is 14.3. The number of hydrogen-bond donors (Lipinski definition) is 2. The third kappa shape index (κ3) is 33.7. The van der Waals surface area contributed by atoms with Gasteiger partial charge < -0.3 is 10.6 Å². The molecule has 0 fully saturated rings. The molecular formula is C39H77N2O2. The number of amides is 2. The van der Waals surface area contributed by atoms with Crippen molar-refractivity contribution in [2.45, 2.75) is 221 Å². The summed E-state index contributed by atoms with van der Waals surface area (Å²) in [5.74, 6) is 1.78. The Hall–Kier alpha value is -1.06. The van der Waals surface area contributed by atoms with Gasteiger partial charge in [0.05, 0.1) is 0 Å². The zero-order valence-corrected chi connectivity index (χ0v) is 30.0. The molecule has 0 bridgehead atoms. The topological polar surface area (TPSA) is 58.2 Å². The van der Waals surface area contributed by atoms with Crippen molar-refractivity contribution in [2.24, 2.45) is 11.8 Å². The van der Waals surface area contributed by atoms with Gasteiger partial charge in [0.2, 0.25) is 11.8 Å². The highest BCUT2D eigenvalue weighted by Crippen LogP contribution is 2.16. The molecule has 0 rings (SSSR count). The van der Waals surface area contributed by atoms with Crippen molar-refractivity contribution >= 4 is 11.8 Å². The molecule has 255 valence electrons. The summed E-state index contributed by atoms with van der Waals surface area (Å²) in [6.45, 7) is 11.3. The van der Waals surface area contributed by atoms with Crippen LogP contribution in [0.25, 0.3) is 0 Å². The van der Waals surface area contributed by atoms with E-state index in [4.69, 9.17) is 0 Å². The Bertz CT molecular complexity index is 554. The molecule has 4 nitrogen and oxygen atoms in total. The van der Waals surface area contributed by atoms with Crippen LogP contribution in [-0.2, 0) is 9.59 Å². The van der Waals surface area contributed by atoms with Crippen LogP contribution >= 0.6 is 0 Å². The Morgan fingerprint density at radius 2 is 0.628 bits per heavy atom. The summed E-state index contributed by atoms with van der Waals surface area (Å²) in [5, 5.41) is 5.89. The van der Waals surface area contributed by atoms with Gasteiger partial charge in [0.1, 0.15) is 0 Å². The molecular weight excluding hydrogens is 528 g/mol. The van der Waals surface area contributed by atoms with Crippen molar-refractivity contribution in [3.05, 3.63) is 6.17 Å².